The second-order valence-electron chi connectivity index (χ2n) is 8.11. The van der Waals surface area contributed by atoms with Gasteiger partial charge in [-0.25, -0.2) is 0 Å². The third-order valence-electron chi connectivity index (χ3n) is 5.29. The molecule has 0 aliphatic carbocycles. The summed E-state index contributed by atoms with van der Waals surface area (Å²) in [5.74, 6) is 0.220. The minimum absolute atomic E-state index is 0.220. The molecule has 3 aromatic rings. The molecule has 0 saturated heterocycles. The summed E-state index contributed by atoms with van der Waals surface area (Å²) >= 11 is 0. The van der Waals surface area contributed by atoms with Gasteiger partial charge in [0.1, 0.15) is 5.75 Å². The molecule has 0 aromatic heterocycles. The Labute approximate surface area is 183 Å². The average molecular weight is 434 g/mol. The van der Waals surface area contributed by atoms with Crippen molar-refractivity contribution < 1.29 is 18.7 Å². The molecule has 0 atom stereocenters. The number of rotatable bonds is 6. The Hall–Kier alpha value is -2.97. The number of carbonyl (C=O) groups is 2. The van der Waals surface area contributed by atoms with Gasteiger partial charge in [0.15, 0.2) is 0 Å². The van der Waals surface area contributed by atoms with E-state index in [0.717, 1.165) is 11.1 Å². The summed E-state index contributed by atoms with van der Waals surface area (Å²) in [6, 6.07) is 15.8. The van der Waals surface area contributed by atoms with Gasteiger partial charge in [0.05, 0.1) is 0 Å². The van der Waals surface area contributed by atoms with Crippen LogP contribution >= 0.6 is 7.37 Å². The molecule has 0 amide bonds. The maximum atomic E-state index is 14.2. The SMILES string of the molecule is Cc1cc(C)c(C(=O)P(=O)(Oc2ccccc2)C(=O)c2c(C)cc(C)cc2C)c(C)c1. The molecule has 0 heterocycles. The molecule has 0 spiro atoms. The molecule has 0 N–H and O–H groups in total. The van der Waals surface area contributed by atoms with Crippen molar-refractivity contribution in [3.05, 3.63) is 99.1 Å². The van der Waals surface area contributed by atoms with E-state index in [1.807, 2.05) is 38.1 Å². The third kappa shape index (κ3) is 4.40. The van der Waals surface area contributed by atoms with Crippen molar-refractivity contribution in [3.8, 4) is 5.75 Å². The van der Waals surface area contributed by atoms with Gasteiger partial charge in [0.2, 0.25) is 0 Å². The van der Waals surface area contributed by atoms with Crippen LogP contribution in [0.4, 0.5) is 0 Å². The minimum Gasteiger partial charge on any atom is -0.433 e. The molecular weight excluding hydrogens is 407 g/mol. The molecular formula is C26H27O4P. The molecule has 0 fully saturated rings. The second-order valence-corrected chi connectivity index (χ2v) is 10.2. The summed E-state index contributed by atoms with van der Waals surface area (Å²) in [7, 11) is -4.48. The number of hydrogen-bond acceptors (Lipinski definition) is 4. The van der Waals surface area contributed by atoms with E-state index >= 15 is 0 Å². The molecule has 3 rings (SSSR count). The monoisotopic (exact) mass is 434 g/mol. The highest BCUT2D eigenvalue weighted by atomic mass is 31.2. The van der Waals surface area contributed by atoms with Crippen LogP contribution in [0, 0.1) is 41.5 Å². The summed E-state index contributed by atoms with van der Waals surface area (Å²) < 4.78 is 20.0. The summed E-state index contributed by atoms with van der Waals surface area (Å²) in [6.07, 6.45) is 0. The van der Waals surface area contributed by atoms with Crippen molar-refractivity contribution in [1.29, 1.82) is 0 Å². The summed E-state index contributed by atoms with van der Waals surface area (Å²) in [5, 5.41) is 0. The number of carbonyl (C=O) groups excluding carboxylic acids is 2. The Bertz CT molecular complexity index is 1110. The van der Waals surface area contributed by atoms with Gasteiger partial charge in [0, 0.05) is 11.1 Å². The summed E-state index contributed by atoms with van der Waals surface area (Å²) in [6.45, 7) is 11.0. The Morgan fingerprint density at radius 3 is 1.35 bits per heavy atom. The van der Waals surface area contributed by atoms with Crippen LogP contribution in [0.25, 0.3) is 0 Å². The lowest BCUT2D eigenvalue weighted by molar-refractivity contribution is 0.101. The molecule has 0 aliphatic rings. The van der Waals surface area contributed by atoms with Crippen molar-refractivity contribution >= 4 is 18.4 Å². The molecule has 160 valence electrons. The van der Waals surface area contributed by atoms with Crippen molar-refractivity contribution in [3.63, 3.8) is 0 Å². The van der Waals surface area contributed by atoms with Crippen LogP contribution in [0.2, 0.25) is 0 Å². The third-order valence-corrected chi connectivity index (χ3v) is 7.28. The van der Waals surface area contributed by atoms with E-state index in [4.69, 9.17) is 4.52 Å². The molecule has 31 heavy (non-hydrogen) atoms. The zero-order chi connectivity index (χ0) is 22.9. The predicted molar refractivity (Wildman–Crippen MR) is 125 cm³/mol. The number of para-hydroxylation sites is 1. The van der Waals surface area contributed by atoms with Crippen molar-refractivity contribution in [1.82, 2.24) is 0 Å². The van der Waals surface area contributed by atoms with Crippen LogP contribution in [-0.2, 0) is 4.57 Å². The van der Waals surface area contributed by atoms with Gasteiger partial charge in [-0.05, 0) is 75.9 Å². The second kappa shape index (κ2) is 8.64. The highest BCUT2D eigenvalue weighted by Gasteiger charge is 2.46. The van der Waals surface area contributed by atoms with E-state index in [-0.39, 0.29) is 16.9 Å². The van der Waals surface area contributed by atoms with Gasteiger partial charge in [-0.15, -0.1) is 0 Å². The standard InChI is InChI=1S/C26H27O4P/c1-16-12-18(3)23(19(4)13-16)25(27)31(29,30-22-10-8-7-9-11-22)26(28)24-20(5)14-17(2)15-21(24)6/h7-15H,1-6H3. The van der Waals surface area contributed by atoms with Crippen molar-refractivity contribution in [2.45, 2.75) is 41.5 Å². The highest BCUT2D eigenvalue weighted by Crippen LogP contribution is 2.54. The molecule has 0 unspecified atom stereocenters. The normalized spacial score (nSPS) is 11.3. The molecule has 4 nitrogen and oxygen atoms in total. The first kappa shape index (κ1) is 22.7. The average Bonchev–Trinajstić information content (AvgIpc) is 2.66. The number of hydrogen-bond donors (Lipinski definition) is 0. The fourth-order valence-corrected chi connectivity index (χ4v) is 6.20. The molecule has 0 aliphatic heterocycles. The smallest absolute Gasteiger partial charge is 0.386 e. The Kier molecular flexibility index (Phi) is 6.33. The van der Waals surface area contributed by atoms with Crippen LogP contribution < -0.4 is 4.52 Å². The van der Waals surface area contributed by atoms with Crippen molar-refractivity contribution in [2.24, 2.45) is 0 Å². The molecule has 0 saturated carbocycles. The first-order valence-electron chi connectivity index (χ1n) is 10.1. The van der Waals surface area contributed by atoms with Crippen LogP contribution in [0.5, 0.6) is 5.75 Å². The van der Waals surface area contributed by atoms with E-state index in [1.165, 1.54) is 0 Å². The molecule has 5 heteroatoms. The first-order chi connectivity index (χ1) is 14.5. The number of benzene rings is 3. The van der Waals surface area contributed by atoms with Gasteiger partial charge in [-0.3, -0.25) is 14.2 Å². The van der Waals surface area contributed by atoms with Gasteiger partial charge >= 0.3 is 7.37 Å². The number of aryl methyl sites for hydroxylation is 6. The minimum atomic E-state index is -4.48. The van der Waals surface area contributed by atoms with Crippen LogP contribution in [0.1, 0.15) is 54.1 Å². The zero-order valence-electron chi connectivity index (χ0n) is 18.8. The maximum Gasteiger partial charge on any atom is 0.386 e. The topological polar surface area (TPSA) is 60.4 Å². The molecule has 0 bridgehead atoms. The zero-order valence-corrected chi connectivity index (χ0v) is 19.7. The Morgan fingerprint density at radius 2 is 1.00 bits per heavy atom. The van der Waals surface area contributed by atoms with Gasteiger partial charge in [0.25, 0.3) is 11.0 Å². The van der Waals surface area contributed by atoms with Gasteiger partial charge < -0.3 is 4.52 Å². The van der Waals surface area contributed by atoms with E-state index in [2.05, 4.69) is 0 Å². The largest absolute Gasteiger partial charge is 0.433 e. The van der Waals surface area contributed by atoms with Gasteiger partial charge in [-0.2, -0.15) is 0 Å². The van der Waals surface area contributed by atoms with E-state index in [0.29, 0.717) is 22.3 Å². The fraction of sp³-hybridized carbons (Fsp3) is 0.231. The molecule has 3 aromatic carbocycles. The maximum absolute atomic E-state index is 14.2. The van der Waals surface area contributed by atoms with E-state index in [1.54, 1.807) is 58.0 Å². The first-order valence-corrected chi connectivity index (χ1v) is 11.8. The summed E-state index contributed by atoms with van der Waals surface area (Å²) in [5.41, 5.74) is 3.68. The van der Waals surface area contributed by atoms with Crippen molar-refractivity contribution in [2.75, 3.05) is 0 Å². The van der Waals surface area contributed by atoms with Crippen LogP contribution in [0.3, 0.4) is 0 Å². The van der Waals surface area contributed by atoms with Crippen LogP contribution in [0.15, 0.2) is 54.6 Å². The fourth-order valence-electron chi connectivity index (χ4n) is 4.13. The lowest BCUT2D eigenvalue weighted by Gasteiger charge is -2.21. The molecule has 0 radical (unpaired) electrons. The lowest BCUT2D eigenvalue weighted by atomic mass is 10.0. The quantitative estimate of drug-likeness (QED) is 0.397. The van der Waals surface area contributed by atoms with E-state index < -0.39 is 18.4 Å². The summed E-state index contributed by atoms with van der Waals surface area (Å²) in [4.78, 5) is 27.4. The Balaban J connectivity index is 2.23. The van der Waals surface area contributed by atoms with Crippen LogP contribution in [-0.4, -0.2) is 11.0 Å². The predicted octanol–water partition coefficient (Wildman–Crippen LogP) is 6.87. The Morgan fingerprint density at radius 1 is 0.645 bits per heavy atom. The lowest BCUT2D eigenvalue weighted by Crippen LogP contribution is -2.19. The van der Waals surface area contributed by atoms with E-state index in [9.17, 15) is 14.2 Å². The van der Waals surface area contributed by atoms with Gasteiger partial charge in [-0.1, -0.05) is 53.6 Å². The highest BCUT2D eigenvalue weighted by molar-refractivity contribution is 7.92.